The van der Waals surface area contributed by atoms with Crippen molar-refractivity contribution >= 4 is 5.97 Å². The van der Waals surface area contributed by atoms with Gasteiger partial charge in [-0.25, -0.2) is 4.98 Å². The van der Waals surface area contributed by atoms with Crippen LogP contribution < -0.4 is 5.32 Å². The first kappa shape index (κ1) is 13.1. The molecule has 1 aliphatic rings. The highest BCUT2D eigenvalue weighted by molar-refractivity contribution is 5.80. The summed E-state index contributed by atoms with van der Waals surface area (Å²) in [5.41, 5.74) is -0.605. The van der Waals surface area contributed by atoms with Crippen LogP contribution in [0.25, 0.3) is 0 Å². The third-order valence-corrected chi connectivity index (χ3v) is 3.51. The lowest BCUT2D eigenvalue weighted by molar-refractivity contribution is -0.148. The van der Waals surface area contributed by atoms with Crippen LogP contribution in [0.3, 0.4) is 0 Å². The highest BCUT2D eigenvalue weighted by Gasteiger charge is 2.39. The minimum atomic E-state index is -0.605. The van der Waals surface area contributed by atoms with Gasteiger partial charge in [-0.3, -0.25) is 10.1 Å². The minimum absolute atomic E-state index is 0.188. The van der Waals surface area contributed by atoms with E-state index in [-0.39, 0.29) is 5.97 Å². The molecule has 1 atom stereocenters. The molecule has 18 heavy (non-hydrogen) atoms. The standard InChI is InChI=1S/C13H21N3O2/c1-10-14-7-9-16(10)8-6-13(2,12(17)18-3)15-11-4-5-11/h7,9,11,15H,4-6,8H2,1-3H3. The zero-order valence-corrected chi connectivity index (χ0v) is 11.3. The van der Waals surface area contributed by atoms with Gasteiger partial charge in [0.1, 0.15) is 11.4 Å². The Kier molecular flexibility index (Phi) is 3.71. The van der Waals surface area contributed by atoms with E-state index in [0.29, 0.717) is 12.5 Å². The van der Waals surface area contributed by atoms with Crippen LogP contribution in [0.4, 0.5) is 0 Å². The van der Waals surface area contributed by atoms with E-state index in [1.807, 2.05) is 20.0 Å². The molecule has 5 nitrogen and oxygen atoms in total. The number of hydrogen-bond acceptors (Lipinski definition) is 4. The van der Waals surface area contributed by atoms with Crippen molar-refractivity contribution < 1.29 is 9.53 Å². The highest BCUT2D eigenvalue weighted by atomic mass is 16.5. The molecule has 0 bridgehead atoms. The smallest absolute Gasteiger partial charge is 0.325 e. The summed E-state index contributed by atoms with van der Waals surface area (Å²) < 4.78 is 6.97. The number of aromatic nitrogens is 2. The highest BCUT2D eigenvalue weighted by Crippen LogP contribution is 2.25. The molecule has 0 spiro atoms. The van der Waals surface area contributed by atoms with E-state index in [1.165, 1.54) is 7.11 Å². The second-order valence-corrected chi connectivity index (χ2v) is 5.16. The van der Waals surface area contributed by atoms with Crippen molar-refractivity contribution in [3.05, 3.63) is 18.2 Å². The Labute approximate surface area is 108 Å². The summed E-state index contributed by atoms with van der Waals surface area (Å²) in [7, 11) is 1.44. The number of imidazole rings is 1. The van der Waals surface area contributed by atoms with E-state index in [4.69, 9.17) is 4.74 Å². The minimum Gasteiger partial charge on any atom is -0.468 e. The lowest BCUT2D eigenvalue weighted by Gasteiger charge is -2.28. The van der Waals surface area contributed by atoms with E-state index < -0.39 is 5.54 Å². The number of ether oxygens (including phenoxy) is 1. The van der Waals surface area contributed by atoms with Crippen LogP contribution in [-0.2, 0) is 16.1 Å². The fraction of sp³-hybridized carbons (Fsp3) is 0.692. The second-order valence-electron chi connectivity index (χ2n) is 5.16. The average molecular weight is 251 g/mol. The van der Waals surface area contributed by atoms with Crippen molar-refractivity contribution in [2.45, 2.75) is 51.2 Å². The molecule has 2 rings (SSSR count). The Morgan fingerprint density at radius 1 is 1.67 bits per heavy atom. The third kappa shape index (κ3) is 2.90. The fourth-order valence-electron chi connectivity index (χ4n) is 2.12. The first-order chi connectivity index (χ1) is 8.55. The third-order valence-electron chi connectivity index (χ3n) is 3.51. The van der Waals surface area contributed by atoms with Gasteiger partial charge >= 0.3 is 5.97 Å². The van der Waals surface area contributed by atoms with Crippen molar-refractivity contribution in [3.63, 3.8) is 0 Å². The van der Waals surface area contributed by atoms with Gasteiger partial charge in [0.05, 0.1) is 7.11 Å². The molecule has 5 heteroatoms. The van der Waals surface area contributed by atoms with Gasteiger partial charge in [0.2, 0.25) is 0 Å². The predicted octanol–water partition coefficient (Wildman–Crippen LogP) is 1.27. The summed E-state index contributed by atoms with van der Waals surface area (Å²) in [6.45, 7) is 4.64. The predicted molar refractivity (Wildman–Crippen MR) is 68.2 cm³/mol. The first-order valence-corrected chi connectivity index (χ1v) is 6.39. The van der Waals surface area contributed by atoms with Gasteiger partial charge in [-0.1, -0.05) is 0 Å². The number of nitrogens with one attached hydrogen (secondary N) is 1. The van der Waals surface area contributed by atoms with Crippen molar-refractivity contribution in [1.29, 1.82) is 0 Å². The van der Waals surface area contributed by atoms with Crippen LogP contribution in [0.2, 0.25) is 0 Å². The monoisotopic (exact) mass is 251 g/mol. The molecule has 1 N–H and O–H groups in total. The summed E-state index contributed by atoms with van der Waals surface area (Å²) in [6.07, 6.45) is 6.71. The molecule has 1 aromatic heterocycles. The molecule has 1 heterocycles. The molecule has 100 valence electrons. The van der Waals surface area contributed by atoms with Crippen LogP contribution >= 0.6 is 0 Å². The second kappa shape index (κ2) is 5.10. The van der Waals surface area contributed by atoms with Gasteiger partial charge in [-0.2, -0.15) is 0 Å². The van der Waals surface area contributed by atoms with Crippen molar-refractivity contribution in [3.8, 4) is 0 Å². The molecule has 0 aromatic carbocycles. The van der Waals surface area contributed by atoms with E-state index in [9.17, 15) is 4.79 Å². The molecule has 1 fully saturated rings. The van der Waals surface area contributed by atoms with Crippen molar-refractivity contribution in [2.24, 2.45) is 0 Å². The molecule has 0 saturated heterocycles. The average Bonchev–Trinajstić information content (AvgIpc) is 3.06. The quantitative estimate of drug-likeness (QED) is 0.773. The van der Waals surface area contributed by atoms with Crippen LogP contribution in [0.5, 0.6) is 0 Å². The van der Waals surface area contributed by atoms with E-state index in [1.54, 1.807) is 6.20 Å². The number of rotatable bonds is 6. The van der Waals surface area contributed by atoms with Crippen LogP contribution in [0.1, 0.15) is 32.0 Å². The van der Waals surface area contributed by atoms with Gasteiger partial charge in [-0.05, 0) is 33.1 Å². The normalized spacial score (nSPS) is 18.4. The molecule has 1 aromatic rings. The largest absolute Gasteiger partial charge is 0.468 e. The number of carbonyl (C=O) groups is 1. The molecular formula is C13H21N3O2. The molecule has 1 aliphatic carbocycles. The Morgan fingerprint density at radius 2 is 2.39 bits per heavy atom. The molecule has 0 radical (unpaired) electrons. The Balaban J connectivity index is 2.00. The molecular weight excluding hydrogens is 230 g/mol. The maximum absolute atomic E-state index is 11.9. The van der Waals surface area contributed by atoms with E-state index >= 15 is 0 Å². The van der Waals surface area contributed by atoms with Gasteiger partial charge in [0.25, 0.3) is 0 Å². The van der Waals surface area contributed by atoms with E-state index in [2.05, 4.69) is 14.9 Å². The summed E-state index contributed by atoms with van der Waals surface area (Å²) in [5.74, 6) is 0.779. The van der Waals surface area contributed by atoms with Gasteiger partial charge in [0.15, 0.2) is 0 Å². The lowest BCUT2D eigenvalue weighted by Crippen LogP contribution is -2.51. The molecule has 1 unspecified atom stereocenters. The maximum atomic E-state index is 11.9. The zero-order valence-electron chi connectivity index (χ0n) is 11.3. The van der Waals surface area contributed by atoms with Crippen molar-refractivity contribution in [2.75, 3.05) is 7.11 Å². The van der Waals surface area contributed by atoms with Gasteiger partial charge < -0.3 is 9.30 Å². The summed E-state index contributed by atoms with van der Waals surface area (Å²) in [6, 6.07) is 0.470. The number of nitrogens with zero attached hydrogens (tertiary/aromatic N) is 2. The topological polar surface area (TPSA) is 56.2 Å². The molecule has 0 aliphatic heterocycles. The van der Waals surface area contributed by atoms with Crippen molar-refractivity contribution in [1.82, 2.24) is 14.9 Å². The summed E-state index contributed by atoms with van der Waals surface area (Å²) in [4.78, 5) is 16.1. The van der Waals surface area contributed by atoms with Gasteiger partial charge in [-0.15, -0.1) is 0 Å². The number of esters is 1. The summed E-state index contributed by atoms with van der Waals surface area (Å²) in [5, 5.41) is 3.39. The Morgan fingerprint density at radius 3 is 2.89 bits per heavy atom. The van der Waals surface area contributed by atoms with Gasteiger partial charge in [0, 0.05) is 25.0 Å². The lowest BCUT2D eigenvalue weighted by atomic mass is 9.97. The Bertz CT molecular complexity index is 426. The maximum Gasteiger partial charge on any atom is 0.325 e. The van der Waals surface area contributed by atoms with E-state index in [0.717, 1.165) is 25.2 Å². The molecule has 0 amide bonds. The fourth-order valence-corrected chi connectivity index (χ4v) is 2.12. The number of hydrogen-bond donors (Lipinski definition) is 1. The summed E-state index contributed by atoms with van der Waals surface area (Å²) >= 11 is 0. The Hall–Kier alpha value is -1.36. The zero-order chi connectivity index (χ0) is 13.2. The van der Waals surface area contributed by atoms with Crippen LogP contribution in [0, 0.1) is 6.92 Å². The SMILES string of the molecule is COC(=O)C(C)(CCn1ccnc1C)NC1CC1. The molecule has 1 saturated carbocycles. The number of aryl methyl sites for hydroxylation is 2. The number of methoxy groups -OCH3 is 1. The number of carbonyl (C=O) groups excluding carboxylic acids is 1. The van der Waals surface area contributed by atoms with Crippen LogP contribution in [-0.4, -0.2) is 34.2 Å². The first-order valence-electron chi connectivity index (χ1n) is 6.39. The van der Waals surface area contributed by atoms with Crippen LogP contribution in [0.15, 0.2) is 12.4 Å².